The van der Waals surface area contributed by atoms with Crippen LogP contribution in [0.5, 0.6) is 0 Å². The predicted octanol–water partition coefficient (Wildman–Crippen LogP) is 4.24. The molecule has 1 unspecified atom stereocenters. The number of halogens is 2. The average molecular weight is 384 g/mol. The summed E-state index contributed by atoms with van der Waals surface area (Å²) in [4.78, 5) is 19.6. The highest BCUT2D eigenvalue weighted by atomic mass is 32.2. The molecule has 0 bridgehead atoms. The molecule has 27 heavy (non-hydrogen) atoms. The highest BCUT2D eigenvalue weighted by Gasteiger charge is 2.17. The molecule has 1 atom stereocenters. The number of aromatic nitrogens is 4. The van der Waals surface area contributed by atoms with Crippen LogP contribution in [0.4, 0.5) is 8.78 Å². The normalized spacial score (nSPS) is 12.4. The van der Waals surface area contributed by atoms with Crippen LogP contribution in [0.3, 0.4) is 0 Å². The van der Waals surface area contributed by atoms with Crippen LogP contribution in [0, 0.1) is 11.6 Å². The van der Waals surface area contributed by atoms with E-state index in [4.69, 9.17) is 0 Å². The fourth-order valence-electron chi connectivity index (χ4n) is 2.77. The number of thioether (sulfide) groups is 1. The molecule has 8 heteroatoms. The van der Waals surface area contributed by atoms with Crippen LogP contribution in [0.2, 0.25) is 0 Å². The molecule has 2 heterocycles. The summed E-state index contributed by atoms with van der Waals surface area (Å²) in [6.45, 7) is 1.76. The monoisotopic (exact) mass is 384 g/mol. The van der Waals surface area contributed by atoms with Gasteiger partial charge in [0, 0.05) is 16.9 Å². The van der Waals surface area contributed by atoms with Gasteiger partial charge in [-0.2, -0.15) is 5.10 Å². The number of H-pyrrole nitrogens is 1. The predicted molar refractivity (Wildman–Crippen MR) is 100 cm³/mol. The maximum atomic E-state index is 14.0. The molecule has 2 aromatic carbocycles. The van der Waals surface area contributed by atoms with Gasteiger partial charge >= 0.3 is 0 Å². The van der Waals surface area contributed by atoms with Gasteiger partial charge in [0.05, 0.1) is 11.9 Å². The van der Waals surface area contributed by atoms with Crippen molar-refractivity contribution in [2.45, 2.75) is 17.3 Å². The molecule has 0 saturated carbocycles. The zero-order valence-electron chi connectivity index (χ0n) is 14.2. The smallest absolute Gasteiger partial charge is 0.262 e. The van der Waals surface area contributed by atoms with Crippen LogP contribution >= 0.6 is 11.8 Å². The van der Waals surface area contributed by atoms with E-state index >= 15 is 0 Å². The molecule has 1 N–H and O–H groups in total. The standard InChI is InChI=1S/C19H14F2N4OS/c1-11(14-8-7-12(20)9-16(14)21)27-19-23-17-15(18(26)24-19)10-22-25(17)13-5-3-2-4-6-13/h2-11H,1H3,(H,23,24,26). The van der Waals surface area contributed by atoms with Crippen molar-refractivity contribution in [3.05, 3.63) is 82.3 Å². The maximum absolute atomic E-state index is 14.0. The lowest BCUT2D eigenvalue weighted by Crippen LogP contribution is -2.10. The zero-order chi connectivity index (χ0) is 19.0. The van der Waals surface area contributed by atoms with Gasteiger partial charge in [-0.15, -0.1) is 0 Å². The number of hydrogen-bond donors (Lipinski definition) is 1. The minimum absolute atomic E-state index is 0.323. The van der Waals surface area contributed by atoms with Gasteiger partial charge in [0.1, 0.15) is 17.0 Å². The fourth-order valence-corrected chi connectivity index (χ4v) is 3.72. The Hall–Kier alpha value is -3.00. The van der Waals surface area contributed by atoms with Crippen LogP contribution in [0.15, 0.2) is 64.7 Å². The maximum Gasteiger partial charge on any atom is 0.262 e. The van der Waals surface area contributed by atoms with E-state index in [1.165, 1.54) is 30.1 Å². The van der Waals surface area contributed by atoms with Gasteiger partial charge in [-0.05, 0) is 25.1 Å². The summed E-state index contributed by atoms with van der Waals surface area (Å²) in [5.74, 6) is -1.26. The molecule has 0 aliphatic rings. The fraction of sp³-hybridized carbons (Fsp3) is 0.105. The first-order valence-corrected chi connectivity index (χ1v) is 9.06. The van der Waals surface area contributed by atoms with Gasteiger partial charge in [-0.1, -0.05) is 36.0 Å². The number of fused-ring (bicyclic) bond motifs is 1. The van der Waals surface area contributed by atoms with Crippen molar-refractivity contribution in [1.29, 1.82) is 0 Å². The van der Waals surface area contributed by atoms with E-state index in [2.05, 4.69) is 15.1 Å². The van der Waals surface area contributed by atoms with Gasteiger partial charge in [-0.25, -0.2) is 18.4 Å². The third kappa shape index (κ3) is 3.35. The van der Waals surface area contributed by atoms with Gasteiger partial charge in [0.2, 0.25) is 0 Å². The number of rotatable bonds is 4. The zero-order valence-corrected chi connectivity index (χ0v) is 15.0. The van der Waals surface area contributed by atoms with Gasteiger partial charge in [0.15, 0.2) is 10.8 Å². The van der Waals surface area contributed by atoms with E-state index in [0.717, 1.165) is 11.8 Å². The lowest BCUT2D eigenvalue weighted by molar-refractivity contribution is 0.572. The van der Waals surface area contributed by atoms with Crippen molar-refractivity contribution in [3.63, 3.8) is 0 Å². The molecule has 0 aliphatic heterocycles. The van der Waals surface area contributed by atoms with Gasteiger partial charge in [0.25, 0.3) is 5.56 Å². The largest absolute Gasteiger partial charge is 0.301 e. The molecule has 0 fully saturated rings. The molecule has 136 valence electrons. The van der Waals surface area contributed by atoms with Gasteiger partial charge in [-0.3, -0.25) is 4.79 Å². The summed E-state index contributed by atoms with van der Waals surface area (Å²) in [6.07, 6.45) is 1.46. The summed E-state index contributed by atoms with van der Waals surface area (Å²) in [5.41, 5.74) is 1.20. The average Bonchev–Trinajstić information content (AvgIpc) is 3.07. The van der Waals surface area contributed by atoms with Crippen molar-refractivity contribution >= 4 is 22.8 Å². The molecule has 4 rings (SSSR count). The van der Waals surface area contributed by atoms with E-state index in [-0.39, 0.29) is 10.8 Å². The minimum Gasteiger partial charge on any atom is -0.301 e. The van der Waals surface area contributed by atoms with E-state index in [0.29, 0.717) is 21.8 Å². The Morgan fingerprint density at radius 3 is 2.67 bits per heavy atom. The minimum atomic E-state index is -0.632. The number of hydrogen-bond acceptors (Lipinski definition) is 4. The van der Waals surface area contributed by atoms with Crippen molar-refractivity contribution < 1.29 is 8.78 Å². The SMILES string of the molecule is CC(Sc1nc2c(cnn2-c2ccccc2)c(=O)[nH]1)c1ccc(F)cc1F. The molecule has 5 nitrogen and oxygen atoms in total. The highest BCUT2D eigenvalue weighted by Crippen LogP contribution is 2.34. The first-order valence-electron chi connectivity index (χ1n) is 8.18. The number of aromatic amines is 1. The van der Waals surface area contributed by atoms with Crippen LogP contribution in [0.25, 0.3) is 16.7 Å². The summed E-state index contributed by atoms with van der Waals surface area (Å²) in [6, 6.07) is 12.8. The lowest BCUT2D eigenvalue weighted by atomic mass is 10.1. The summed E-state index contributed by atoms with van der Waals surface area (Å²) in [7, 11) is 0. The second-order valence-corrected chi connectivity index (χ2v) is 7.26. The molecule has 0 aliphatic carbocycles. The third-order valence-electron chi connectivity index (χ3n) is 4.11. The summed E-state index contributed by atoms with van der Waals surface area (Å²) in [5, 5.41) is 4.58. The summed E-state index contributed by atoms with van der Waals surface area (Å²) < 4.78 is 28.7. The molecule has 4 aromatic rings. The molecular formula is C19H14F2N4OS. The van der Waals surface area contributed by atoms with Crippen LogP contribution in [0.1, 0.15) is 17.7 Å². The second-order valence-electron chi connectivity index (χ2n) is 5.93. The van der Waals surface area contributed by atoms with Crippen LogP contribution < -0.4 is 5.56 Å². The molecule has 2 aromatic heterocycles. The van der Waals surface area contributed by atoms with E-state index in [9.17, 15) is 13.6 Å². The third-order valence-corrected chi connectivity index (χ3v) is 5.13. The molecule has 0 amide bonds. The highest BCUT2D eigenvalue weighted by molar-refractivity contribution is 7.99. The Bertz CT molecular complexity index is 1170. The van der Waals surface area contributed by atoms with Crippen molar-refractivity contribution in [2.24, 2.45) is 0 Å². The van der Waals surface area contributed by atoms with Crippen molar-refractivity contribution in [1.82, 2.24) is 19.7 Å². The Morgan fingerprint density at radius 1 is 1.15 bits per heavy atom. The second kappa shape index (κ2) is 6.96. The Balaban J connectivity index is 1.73. The first kappa shape index (κ1) is 17.4. The lowest BCUT2D eigenvalue weighted by Gasteiger charge is -2.12. The van der Waals surface area contributed by atoms with Gasteiger partial charge < -0.3 is 4.98 Å². The Morgan fingerprint density at radius 2 is 1.93 bits per heavy atom. The topological polar surface area (TPSA) is 63.6 Å². The molecule has 0 spiro atoms. The quantitative estimate of drug-likeness (QED) is 0.422. The molecule has 0 saturated heterocycles. The van der Waals surface area contributed by atoms with Crippen molar-refractivity contribution in [3.8, 4) is 5.69 Å². The van der Waals surface area contributed by atoms with Crippen LogP contribution in [-0.4, -0.2) is 19.7 Å². The molecular weight excluding hydrogens is 370 g/mol. The number of nitrogens with zero attached hydrogens (tertiary/aromatic N) is 3. The Kier molecular flexibility index (Phi) is 4.49. The Labute approximate surface area is 157 Å². The van der Waals surface area contributed by atoms with Crippen molar-refractivity contribution in [2.75, 3.05) is 0 Å². The van der Waals surface area contributed by atoms with E-state index in [1.807, 2.05) is 30.3 Å². The number of nitrogens with one attached hydrogen (secondary N) is 1. The number of para-hydroxylation sites is 1. The van der Waals surface area contributed by atoms with Crippen LogP contribution in [-0.2, 0) is 0 Å². The summed E-state index contributed by atoms with van der Waals surface area (Å²) >= 11 is 1.18. The van der Waals surface area contributed by atoms with E-state index < -0.39 is 11.6 Å². The van der Waals surface area contributed by atoms with E-state index in [1.54, 1.807) is 11.6 Å². The number of benzene rings is 2. The molecule has 0 radical (unpaired) electrons. The first-order chi connectivity index (χ1) is 13.0.